The second-order valence-corrected chi connectivity index (χ2v) is 15.0. The molecule has 1 aliphatic carbocycles. The van der Waals surface area contributed by atoms with Crippen molar-refractivity contribution in [2.75, 3.05) is 11.9 Å². The summed E-state index contributed by atoms with van der Waals surface area (Å²) >= 11 is 0. The van der Waals surface area contributed by atoms with Gasteiger partial charge in [-0.2, -0.15) is 0 Å². The van der Waals surface area contributed by atoms with Crippen LogP contribution in [-0.4, -0.2) is 24.2 Å². The maximum atomic E-state index is 12.3. The molecule has 0 saturated heterocycles. The van der Waals surface area contributed by atoms with E-state index in [2.05, 4.69) is 42.1 Å². The summed E-state index contributed by atoms with van der Waals surface area (Å²) in [5.41, 5.74) is 3.11. The van der Waals surface area contributed by atoms with Gasteiger partial charge in [0.1, 0.15) is 6.73 Å². The maximum absolute atomic E-state index is 12.3. The molecular formula is C23H35N3O2Si. The van der Waals surface area contributed by atoms with Gasteiger partial charge in [0.05, 0.1) is 12.2 Å². The molecule has 0 atom stereocenters. The second-order valence-electron chi connectivity index (χ2n) is 9.34. The summed E-state index contributed by atoms with van der Waals surface area (Å²) in [4.78, 5) is 16.9. The van der Waals surface area contributed by atoms with Crippen LogP contribution in [-0.2, 0) is 18.0 Å². The minimum absolute atomic E-state index is 0.0522. The van der Waals surface area contributed by atoms with Crippen molar-refractivity contribution in [2.45, 2.75) is 77.0 Å². The Balaban J connectivity index is 1.48. The van der Waals surface area contributed by atoms with Crippen LogP contribution in [0.25, 0.3) is 0 Å². The van der Waals surface area contributed by atoms with Crippen molar-refractivity contribution in [3.63, 3.8) is 0 Å². The van der Waals surface area contributed by atoms with E-state index in [1.807, 2.05) is 12.3 Å². The molecule has 1 saturated carbocycles. The van der Waals surface area contributed by atoms with Crippen molar-refractivity contribution in [2.24, 2.45) is 0 Å². The second kappa shape index (κ2) is 10.2. The molecule has 0 aliphatic heterocycles. The fourth-order valence-electron chi connectivity index (χ4n) is 3.68. The summed E-state index contributed by atoms with van der Waals surface area (Å²) in [6.07, 6.45) is 10.4. The first kappa shape index (κ1) is 21.8. The van der Waals surface area contributed by atoms with Crippen LogP contribution in [0.2, 0.25) is 25.7 Å². The molecule has 1 fully saturated rings. The minimum Gasteiger partial charge on any atom is -0.379 e. The van der Waals surface area contributed by atoms with Crippen LogP contribution in [0.3, 0.4) is 0 Å². The number of ether oxygens (including phenoxy) is 1. The smallest absolute Gasteiger partial charge is 0.254 e. The van der Waals surface area contributed by atoms with Crippen molar-refractivity contribution < 1.29 is 4.74 Å². The SMILES string of the molecule is C[Si](C)(C)CCOCn1ccc(NCc2ccc(C3CCCCC3)cn2)cc1=O. The topological polar surface area (TPSA) is 56.1 Å². The number of hydrogen-bond donors (Lipinski definition) is 1. The van der Waals surface area contributed by atoms with Crippen LogP contribution in [0, 0.1) is 0 Å². The van der Waals surface area contributed by atoms with E-state index in [9.17, 15) is 4.79 Å². The van der Waals surface area contributed by atoms with E-state index in [1.165, 1.54) is 37.7 Å². The van der Waals surface area contributed by atoms with E-state index in [0.717, 1.165) is 17.4 Å². The lowest BCUT2D eigenvalue weighted by Crippen LogP contribution is -2.24. The van der Waals surface area contributed by atoms with Gasteiger partial charge in [0.25, 0.3) is 5.56 Å². The van der Waals surface area contributed by atoms with Crippen molar-refractivity contribution in [3.8, 4) is 0 Å². The fourth-order valence-corrected chi connectivity index (χ4v) is 4.43. The Morgan fingerprint density at radius 2 is 1.97 bits per heavy atom. The molecule has 1 N–H and O–H groups in total. The van der Waals surface area contributed by atoms with Crippen molar-refractivity contribution >= 4 is 13.8 Å². The van der Waals surface area contributed by atoms with Gasteiger partial charge < -0.3 is 10.1 Å². The largest absolute Gasteiger partial charge is 0.379 e. The Labute approximate surface area is 175 Å². The highest BCUT2D eigenvalue weighted by Gasteiger charge is 2.15. The monoisotopic (exact) mass is 413 g/mol. The van der Waals surface area contributed by atoms with Gasteiger partial charge in [0.2, 0.25) is 0 Å². The molecule has 5 nitrogen and oxygen atoms in total. The van der Waals surface area contributed by atoms with Gasteiger partial charge >= 0.3 is 0 Å². The van der Waals surface area contributed by atoms with Gasteiger partial charge in [-0.25, -0.2) is 0 Å². The Morgan fingerprint density at radius 3 is 2.62 bits per heavy atom. The third-order valence-corrected chi connectivity index (χ3v) is 7.32. The zero-order chi connectivity index (χ0) is 20.7. The van der Waals surface area contributed by atoms with Crippen LogP contribution in [0.4, 0.5) is 5.69 Å². The van der Waals surface area contributed by atoms with E-state index in [0.29, 0.717) is 25.8 Å². The first-order chi connectivity index (χ1) is 13.9. The molecule has 6 heteroatoms. The van der Waals surface area contributed by atoms with Gasteiger partial charge in [0, 0.05) is 38.8 Å². The van der Waals surface area contributed by atoms with Gasteiger partial charge in [-0.15, -0.1) is 0 Å². The highest BCUT2D eigenvalue weighted by Crippen LogP contribution is 2.32. The third-order valence-electron chi connectivity index (χ3n) is 5.62. The van der Waals surface area contributed by atoms with Gasteiger partial charge in [-0.1, -0.05) is 45.0 Å². The van der Waals surface area contributed by atoms with Crippen LogP contribution in [0.1, 0.15) is 49.3 Å². The molecule has 2 aromatic rings. The maximum Gasteiger partial charge on any atom is 0.254 e. The van der Waals surface area contributed by atoms with Crippen molar-refractivity contribution in [1.29, 1.82) is 0 Å². The Kier molecular flexibility index (Phi) is 7.67. The fraction of sp³-hybridized carbons (Fsp3) is 0.565. The number of anilines is 1. The highest BCUT2D eigenvalue weighted by molar-refractivity contribution is 6.76. The standard InChI is InChI=1S/C23H35N3O2Si/c1-29(2,3)14-13-28-18-26-12-11-21(15-23(26)27)25-17-22-10-9-20(16-24-22)19-7-5-4-6-8-19/h9-12,15-16,19,25H,4-8,13-14,17-18H2,1-3H3. The normalized spacial score (nSPS) is 15.4. The molecule has 3 rings (SSSR count). The number of rotatable bonds is 9. The third kappa shape index (κ3) is 7.12. The van der Waals surface area contributed by atoms with Gasteiger partial charge in [-0.05, 0) is 42.5 Å². The molecule has 29 heavy (non-hydrogen) atoms. The van der Waals surface area contributed by atoms with Crippen molar-refractivity contribution in [3.05, 3.63) is 58.3 Å². The molecular weight excluding hydrogens is 378 g/mol. The van der Waals surface area contributed by atoms with E-state index >= 15 is 0 Å². The van der Waals surface area contributed by atoms with E-state index in [1.54, 1.807) is 16.8 Å². The molecule has 0 spiro atoms. The number of nitrogens with one attached hydrogen (secondary N) is 1. The summed E-state index contributed by atoms with van der Waals surface area (Å²) in [5, 5.41) is 3.30. The number of aromatic nitrogens is 2. The predicted molar refractivity (Wildman–Crippen MR) is 122 cm³/mol. The number of nitrogens with zero attached hydrogens (tertiary/aromatic N) is 2. The van der Waals surface area contributed by atoms with E-state index in [4.69, 9.17) is 4.74 Å². The van der Waals surface area contributed by atoms with E-state index < -0.39 is 8.07 Å². The summed E-state index contributed by atoms with van der Waals surface area (Å²) in [5.74, 6) is 0.679. The molecule has 0 bridgehead atoms. The van der Waals surface area contributed by atoms with Gasteiger partial charge in [0.15, 0.2) is 0 Å². The lowest BCUT2D eigenvalue weighted by Gasteiger charge is -2.21. The lowest BCUT2D eigenvalue weighted by molar-refractivity contribution is 0.0848. The van der Waals surface area contributed by atoms with Crippen LogP contribution < -0.4 is 10.9 Å². The summed E-state index contributed by atoms with van der Waals surface area (Å²) in [6, 6.07) is 8.96. The zero-order valence-electron chi connectivity index (χ0n) is 18.1. The van der Waals surface area contributed by atoms with Crippen LogP contribution in [0.5, 0.6) is 0 Å². The average molecular weight is 414 g/mol. The Hall–Kier alpha value is -1.92. The quantitative estimate of drug-likeness (QED) is 0.452. The average Bonchev–Trinajstić information content (AvgIpc) is 2.71. The molecule has 158 valence electrons. The molecule has 0 radical (unpaired) electrons. The molecule has 0 unspecified atom stereocenters. The summed E-state index contributed by atoms with van der Waals surface area (Å²) in [7, 11) is -1.10. The molecule has 0 aromatic carbocycles. The highest BCUT2D eigenvalue weighted by atomic mass is 28.3. The minimum atomic E-state index is -1.10. The van der Waals surface area contributed by atoms with Crippen molar-refractivity contribution in [1.82, 2.24) is 9.55 Å². The Morgan fingerprint density at radius 1 is 1.17 bits per heavy atom. The first-order valence-corrected chi connectivity index (χ1v) is 14.6. The van der Waals surface area contributed by atoms with Crippen LogP contribution >= 0.6 is 0 Å². The molecule has 2 heterocycles. The summed E-state index contributed by atoms with van der Waals surface area (Å²) < 4.78 is 7.28. The van der Waals surface area contributed by atoms with Gasteiger partial charge in [-0.3, -0.25) is 14.3 Å². The van der Waals surface area contributed by atoms with E-state index in [-0.39, 0.29) is 5.56 Å². The predicted octanol–water partition coefficient (Wildman–Crippen LogP) is 5.22. The number of pyridine rings is 2. The lowest BCUT2D eigenvalue weighted by atomic mass is 9.85. The first-order valence-electron chi connectivity index (χ1n) is 10.9. The number of hydrogen-bond acceptors (Lipinski definition) is 4. The zero-order valence-corrected chi connectivity index (χ0v) is 19.1. The molecule has 2 aromatic heterocycles. The summed E-state index contributed by atoms with van der Waals surface area (Å²) in [6.45, 7) is 8.60. The molecule has 1 aliphatic rings. The van der Waals surface area contributed by atoms with Crippen LogP contribution in [0.15, 0.2) is 41.5 Å². The molecule has 0 amide bonds. The Bertz CT molecular complexity index is 821.